The largest absolute Gasteiger partial charge is 0.363 e. The fourth-order valence-electron chi connectivity index (χ4n) is 1.47. The molecule has 1 aromatic carbocycles. The minimum absolute atomic E-state index is 0.135. The lowest BCUT2D eigenvalue weighted by molar-refractivity contribution is 0.0990. The number of halogens is 2. The molecule has 0 atom stereocenters. The number of carbonyl (C=O) groups is 1. The summed E-state index contributed by atoms with van der Waals surface area (Å²) in [5.41, 5.74) is 6.26. The molecule has 92 valence electrons. The monoisotopic (exact) mass is 265 g/mol. The van der Waals surface area contributed by atoms with Crippen molar-refractivity contribution in [3.8, 4) is 11.3 Å². The van der Waals surface area contributed by atoms with Gasteiger partial charge in [0.1, 0.15) is 5.82 Å². The molecular formula is C12H9ClFN3O. The molecule has 0 saturated carbocycles. The average molecular weight is 266 g/mol. The van der Waals surface area contributed by atoms with E-state index in [0.717, 1.165) is 0 Å². The van der Waals surface area contributed by atoms with E-state index in [-0.39, 0.29) is 5.82 Å². The number of rotatable bonds is 2. The van der Waals surface area contributed by atoms with Crippen LogP contribution < -0.4 is 5.73 Å². The molecule has 0 aliphatic heterocycles. The Balaban J connectivity index is 2.58. The Morgan fingerprint density at radius 2 is 2.17 bits per heavy atom. The molecule has 0 saturated heterocycles. The zero-order valence-corrected chi connectivity index (χ0v) is 10.2. The smallest absolute Gasteiger partial charge is 0.286 e. The first kappa shape index (κ1) is 12.4. The summed E-state index contributed by atoms with van der Waals surface area (Å²) < 4.78 is 13.5. The van der Waals surface area contributed by atoms with Crippen molar-refractivity contribution in [2.24, 2.45) is 5.73 Å². The zero-order chi connectivity index (χ0) is 13.3. The van der Waals surface area contributed by atoms with Gasteiger partial charge in [-0.3, -0.25) is 4.79 Å². The van der Waals surface area contributed by atoms with Gasteiger partial charge in [0.2, 0.25) is 5.82 Å². The maximum atomic E-state index is 13.5. The second-order valence-corrected chi connectivity index (χ2v) is 4.12. The lowest BCUT2D eigenvalue weighted by Gasteiger charge is -2.06. The van der Waals surface area contributed by atoms with E-state index in [1.807, 2.05) is 0 Å². The van der Waals surface area contributed by atoms with Gasteiger partial charge in [-0.15, -0.1) is 0 Å². The van der Waals surface area contributed by atoms with Crippen LogP contribution in [0.15, 0.2) is 24.4 Å². The lowest BCUT2D eigenvalue weighted by atomic mass is 10.1. The lowest BCUT2D eigenvalue weighted by Crippen LogP contribution is -2.15. The highest BCUT2D eigenvalue weighted by atomic mass is 35.5. The number of amides is 1. The maximum absolute atomic E-state index is 13.5. The number of benzene rings is 1. The Hall–Kier alpha value is -2.01. The Kier molecular flexibility index (Phi) is 3.25. The van der Waals surface area contributed by atoms with Gasteiger partial charge >= 0.3 is 0 Å². The quantitative estimate of drug-likeness (QED) is 0.906. The Labute approximate surface area is 108 Å². The first-order valence-corrected chi connectivity index (χ1v) is 5.45. The van der Waals surface area contributed by atoms with Crippen LogP contribution in [-0.2, 0) is 0 Å². The van der Waals surface area contributed by atoms with Crippen LogP contribution in [0.3, 0.4) is 0 Å². The van der Waals surface area contributed by atoms with Crippen LogP contribution in [0.4, 0.5) is 4.39 Å². The van der Waals surface area contributed by atoms with Crippen LogP contribution in [0, 0.1) is 12.7 Å². The fourth-order valence-corrected chi connectivity index (χ4v) is 1.79. The molecule has 2 N–H and O–H groups in total. The van der Waals surface area contributed by atoms with E-state index in [1.54, 1.807) is 6.92 Å². The summed E-state index contributed by atoms with van der Waals surface area (Å²) in [4.78, 5) is 18.6. The highest BCUT2D eigenvalue weighted by Crippen LogP contribution is 2.28. The molecule has 2 aromatic rings. The van der Waals surface area contributed by atoms with Gasteiger partial charge < -0.3 is 5.73 Å². The first-order chi connectivity index (χ1) is 8.49. The minimum atomic E-state index is -0.749. The summed E-state index contributed by atoms with van der Waals surface area (Å²) in [6, 6.07) is 4.30. The fraction of sp³-hybridized carbons (Fsp3) is 0.0833. The summed E-state index contributed by atoms with van der Waals surface area (Å²) in [6.45, 7) is 1.61. The number of carbonyl (C=O) groups excluding carboxylic acids is 1. The molecule has 18 heavy (non-hydrogen) atoms. The maximum Gasteiger partial charge on any atom is 0.286 e. The molecule has 0 aliphatic carbocycles. The summed E-state index contributed by atoms with van der Waals surface area (Å²) >= 11 is 6.02. The van der Waals surface area contributed by atoms with Crippen molar-refractivity contribution < 1.29 is 9.18 Å². The van der Waals surface area contributed by atoms with Gasteiger partial charge in [-0.1, -0.05) is 11.6 Å². The summed E-state index contributed by atoms with van der Waals surface area (Å²) in [7, 11) is 0. The van der Waals surface area contributed by atoms with E-state index in [9.17, 15) is 9.18 Å². The summed E-state index contributed by atoms with van der Waals surface area (Å²) in [5, 5.41) is 0.350. The molecule has 0 radical (unpaired) electrons. The third-order valence-electron chi connectivity index (χ3n) is 2.40. The molecular weight excluding hydrogens is 257 g/mol. The summed E-state index contributed by atoms with van der Waals surface area (Å²) in [5.74, 6) is -1.28. The van der Waals surface area contributed by atoms with Gasteiger partial charge in [0.25, 0.3) is 5.91 Å². The Morgan fingerprint density at radius 3 is 2.83 bits per heavy atom. The zero-order valence-electron chi connectivity index (χ0n) is 9.45. The number of aryl methyl sites for hydroxylation is 1. The number of nitrogens with zero attached hydrogens (tertiary/aromatic N) is 2. The first-order valence-electron chi connectivity index (χ1n) is 5.08. The van der Waals surface area contributed by atoms with Gasteiger partial charge in [-0.2, -0.15) is 0 Å². The number of hydrogen-bond donors (Lipinski definition) is 1. The minimum Gasteiger partial charge on any atom is -0.363 e. The van der Waals surface area contributed by atoms with Gasteiger partial charge in [-0.25, -0.2) is 14.4 Å². The molecule has 1 amide bonds. The molecule has 0 unspecified atom stereocenters. The Morgan fingerprint density at radius 1 is 1.44 bits per heavy atom. The topological polar surface area (TPSA) is 68.9 Å². The van der Waals surface area contributed by atoms with Crippen LogP contribution in [0.5, 0.6) is 0 Å². The molecule has 1 heterocycles. The van der Waals surface area contributed by atoms with Gasteiger partial charge in [0.05, 0.1) is 10.7 Å². The van der Waals surface area contributed by atoms with Crippen molar-refractivity contribution in [2.45, 2.75) is 6.92 Å². The molecule has 1 aromatic heterocycles. The van der Waals surface area contributed by atoms with Gasteiger partial charge in [0, 0.05) is 11.8 Å². The highest BCUT2D eigenvalue weighted by Gasteiger charge is 2.11. The van der Waals surface area contributed by atoms with Crippen molar-refractivity contribution >= 4 is 17.5 Å². The normalized spacial score (nSPS) is 10.4. The van der Waals surface area contributed by atoms with E-state index in [1.165, 1.54) is 24.4 Å². The van der Waals surface area contributed by atoms with E-state index < -0.39 is 11.7 Å². The third kappa shape index (κ3) is 2.31. The number of nitrogens with two attached hydrogens (primary N) is 1. The average Bonchev–Trinajstić information content (AvgIpc) is 2.34. The SMILES string of the molecule is Cc1cc(Cl)c(-c2ccnc(C(N)=O)n2)cc1F. The molecule has 2 rings (SSSR count). The van der Waals surface area contributed by atoms with Crippen molar-refractivity contribution in [3.05, 3.63) is 46.6 Å². The second kappa shape index (κ2) is 4.70. The predicted octanol–water partition coefficient (Wildman–Crippen LogP) is 2.34. The van der Waals surface area contributed by atoms with E-state index in [4.69, 9.17) is 17.3 Å². The van der Waals surface area contributed by atoms with Crippen LogP contribution >= 0.6 is 11.6 Å². The van der Waals surface area contributed by atoms with Crippen molar-refractivity contribution in [3.63, 3.8) is 0 Å². The summed E-state index contributed by atoms with van der Waals surface area (Å²) in [6.07, 6.45) is 1.37. The van der Waals surface area contributed by atoms with Crippen LogP contribution in [0.1, 0.15) is 16.2 Å². The predicted molar refractivity (Wildman–Crippen MR) is 65.7 cm³/mol. The number of aromatic nitrogens is 2. The van der Waals surface area contributed by atoms with Gasteiger partial charge in [-0.05, 0) is 30.7 Å². The van der Waals surface area contributed by atoms with Gasteiger partial charge in [0.15, 0.2) is 0 Å². The van der Waals surface area contributed by atoms with Crippen LogP contribution in [0.2, 0.25) is 5.02 Å². The van der Waals surface area contributed by atoms with Crippen LogP contribution in [0.25, 0.3) is 11.3 Å². The van der Waals surface area contributed by atoms with E-state index in [0.29, 0.717) is 21.8 Å². The highest BCUT2D eigenvalue weighted by molar-refractivity contribution is 6.33. The van der Waals surface area contributed by atoms with Crippen molar-refractivity contribution in [2.75, 3.05) is 0 Å². The van der Waals surface area contributed by atoms with Crippen molar-refractivity contribution in [1.82, 2.24) is 9.97 Å². The molecule has 0 spiro atoms. The van der Waals surface area contributed by atoms with Crippen LogP contribution in [-0.4, -0.2) is 15.9 Å². The Bertz CT molecular complexity index is 631. The standard InChI is InChI=1S/C12H9ClFN3O/c1-6-4-8(13)7(5-9(6)14)10-2-3-16-12(17-10)11(15)18/h2-5H,1H3,(H2,15,18). The molecule has 6 heteroatoms. The molecule has 0 fully saturated rings. The number of hydrogen-bond acceptors (Lipinski definition) is 3. The van der Waals surface area contributed by atoms with E-state index >= 15 is 0 Å². The second-order valence-electron chi connectivity index (χ2n) is 3.71. The molecule has 0 aliphatic rings. The number of primary amides is 1. The third-order valence-corrected chi connectivity index (χ3v) is 2.71. The molecule has 0 bridgehead atoms. The van der Waals surface area contributed by atoms with Crippen molar-refractivity contribution in [1.29, 1.82) is 0 Å². The van der Waals surface area contributed by atoms with E-state index in [2.05, 4.69) is 9.97 Å². The molecule has 4 nitrogen and oxygen atoms in total.